The molecule has 0 aromatic heterocycles. The highest BCUT2D eigenvalue weighted by molar-refractivity contribution is 4.44. The van der Waals surface area contributed by atoms with Crippen molar-refractivity contribution in [3.8, 4) is 0 Å². The van der Waals surface area contributed by atoms with Gasteiger partial charge < -0.3 is 11.2 Å². The number of unbranched alkanes of at least 4 members (excludes halogenated alkanes) is 2. The molecule has 0 aliphatic rings. The lowest BCUT2D eigenvalue weighted by Crippen LogP contribution is -2.11. The molecule has 0 bridgehead atoms. The van der Waals surface area contributed by atoms with E-state index in [0.717, 1.165) is 19.3 Å². The van der Waals surface area contributed by atoms with Crippen LogP contribution in [-0.2, 0) is 0 Å². The minimum absolute atomic E-state index is 0. The third-order valence-electron chi connectivity index (χ3n) is 1.08. The highest BCUT2D eigenvalue weighted by atomic mass is 19.1. The molecule has 0 amide bonds. The molecule has 2 nitrogen and oxygen atoms in total. The molecular weight excluding hydrogens is 176 g/mol. The Morgan fingerprint density at radius 3 is 1.77 bits per heavy atom. The molecule has 4 heteroatoms. The second-order valence-corrected chi connectivity index (χ2v) is 2.01. The first kappa shape index (κ1) is 23.0. The summed E-state index contributed by atoms with van der Waals surface area (Å²) in [4.78, 5) is 0. The minimum atomic E-state index is -1.10. The van der Waals surface area contributed by atoms with Crippen molar-refractivity contribution in [1.82, 2.24) is 0 Å². The van der Waals surface area contributed by atoms with Gasteiger partial charge >= 0.3 is 0 Å². The van der Waals surface area contributed by atoms with Crippen LogP contribution in [0.4, 0.5) is 8.78 Å². The topological polar surface area (TPSA) is 57.5 Å². The molecule has 0 aliphatic heterocycles. The van der Waals surface area contributed by atoms with Crippen LogP contribution in [0.25, 0.3) is 0 Å². The molecule has 0 heterocycles. The highest BCUT2D eigenvalue weighted by Gasteiger charge is 1.94. The van der Waals surface area contributed by atoms with Crippen molar-refractivity contribution in [3.63, 3.8) is 0 Å². The van der Waals surface area contributed by atoms with E-state index >= 15 is 0 Å². The van der Waals surface area contributed by atoms with Gasteiger partial charge in [0.2, 0.25) is 0 Å². The van der Waals surface area contributed by atoms with E-state index in [-0.39, 0.29) is 5.48 Å². The zero-order chi connectivity index (χ0) is 10.4. The van der Waals surface area contributed by atoms with Gasteiger partial charge in [-0.15, -0.1) is 0 Å². The summed E-state index contributed by atoms with van der Waals surface area (Å²) in [5, 5.41) is 0. The molecule has 0 aromatic carbocycles. The van der Waals surface area contributed by atoms with Gasteiger partial charge in [0.25, 0.3) is 0 Å². The highest BCUT2D eigenvalue weighted by Crippen LogP contribution is 2.01. The first-order valence-corrected chi connectivity index (χ1v) is 4.54. The summed E-state index contributed by atoms with van der Waals surface area (Å²) in [7, 11) is 0.500. The van der Waals surface area contributed by atoms with E-state index in [4.69, 9.17) is 5.73 Å². The van der Waals surface area contributed by atoms with Crippen LogP contribution in [-0.4, -0.2) is 18.9 Å². The Bertz CT molecular complexity index is 54.9. The number of hydrogen-bond acceptors (Lipinski definition) is 1. The van der Waals surface area contributed by atoms with Crippen molar-refractivity contribution in [2.24, 2.45) is 5.73 Å². The normalized spacial score (nSPS) is 9.46. The third-order valence-corrected chi connectivity index (χ3v) is 1.08. The van der Waals surface area contributed by atoms with Crippen LogP contribution in [0.2, 0.25) is 0 Å². The van der Waals surface area contributed by atoms with Crippen LogP contribution in [0.15, 0.2) is 0 Å². The van der Waals surface area contributed by atoms with E-state index < -0.39 is 6.30 Å². The lowest BCUT2D eigenvalue weighted by molar-refractivity contribution is 0.315. The summed E-state index contributed by atoms with van der Waals surface area (Å²) in [6.07, 6.45) is 2.58. The number of halogens is 2. The average molecular weight is 201 g/mol. The summed E-state index contributed by atoms with van der Waals surface area (Å²) in [5.74, 6) is 0. The smallest absolute Gasteiger partial charge is 0.148 e. The van der Waals surface area contributed by atoms with Crippen molar-refractivity contribution in [2.45, 2.75) is 52.8 Å². The molecule has 13 heavy (non-hydrogen) atoms. The molecule has 0 rings (SSSR count). The van der Waals surface area contributed by atoms with E-state index in [1.54, 1.807) is 0 Å². The molecule has 0 fully saturated rings. The van der Waals surface area contributed by atoms with Crippen molar-refractivity contribution in [3.05, 3.63) is 0 Å². The predicted octanol–water partition coefficient (Wildman–Crippen LogP) is 2.61. The quantitative estimate of drug-likeness (QED) is 0.551. The molecule has 86 valence electrons. The Morgan fingerprint density at radius 1 is 1.15 bits per heavy atom. The summed E-state index contributed by atoms with van der Waals surface area (Å²) in [5.41, 5.74) is 4.87. The van der Waals surface area contributed by atoms with E-state index in [0.29, 0.717) is 13.6 Å². The van der Waals surface area contributed by atoms with Crippen molar-refractivity contribution in [1.29, 1.82) is 0 Å². The average Bonchev–Trinajstić information content (AvgIpc) is 2.12. The molecule has 1 unspecified atom stereocenters. The fraction of sp³-hybridized carbons (Fsp3) is 1.00. The van der Waals surface area contributed by atoms with Crippen molar-refractivity contribution >= 4 is 0 Å². The molecular formula is C9H25F2NO. The zero-order valence-electron chi connectivity index (χ0n) is 9.24. The Kier molecular flexibility index (Phi) is 52.7. The van der Waals surface area contributed by atoms with Crippen LogP contribution in [0.3, 0.4) is 0 Å². The Balaban J connectivity index is -0.0000000712. The van der Waals surface area contributed by atoms with Gasteiger partial charge in [-0.25, -0.2) is 4.39 Å². The molecule has 0 saturated heterocycles. The van der Waals surface area contributed by atoms with Gasteiger partial charge in [-0.2, -0.15) is 0 Å². The third kappa shape index (κ3) is 49.3. The van der Waals surface area contributed by atoms with Gasteiger partial charge in [-0.1, -0.05) is 33.6 Å². The lowest BCUT2D eigenvalue weighted by atomic mass is 10.2. The maximum atomic E-state index is 11.8. The van der Waals surface area contributed by atoms with Crippen LogP contribution in [0, 0.1) is 0 Å². The second kappa shape index (κ2) is 29.8. The molecule has 1 atom stereocenters. The summed E-state index contributed by atoms with van der Waals surface area (Å²) in [6, 6.07) is 0. The van der Waals surface area contributed by atoms with Gasteiger partial charge in [0.1, 0.15) is 6.30 Å². The number of alkyl halides is 2. The molecule has 0 radical (unpaired) electrons. The van der Waals surface area contributed by atoms with Gasteiger partial charge in [-0.05, 0) is 12.8 Å². The first-order chi connectivity index (χ1) is 5.77. The zero-order valence-corrected chi connectivity index (χ0v) is 9.24. The number of rotatable bonds is 4. The van der Waals surface area contributed by atoms with E-state index in [1.807, 2.05) is 13.8 Å². The van der Waals surface area contributed by atoms with E-state index in [9.17, 15) is 8.78 Å². The second-order valence-electron chi connectivity index (χ2n) is 2.01. The minimum Gasteiger partial charge on any atom is -0.412 e. The van der Waals surface area contributed by atoms with E-state index in [2.05, 4.69) is 6.92 Å². The van der Waals surface area contributed by atoms with Gasteiger partial charge in [0, 0.05) is 0 Å². The molecule has 4 N–H and O–H groups in total. The van der Waals surface area contributed by atoms with Crippen LogP contribution in [0.5, 0.6) is 0 Å². The summed E-state index contributed by atoms with van der Waals surface area (Å²) < 4.78 is 21.3. The van der Waals surface area contributed by atoms with Gasteiger partial charge in [-0.3, -0.25) is 4.39 Å². The molecule has 0 spiro atoms. The Labute approximate surface area is 80.8 Å². The number of hydrogen-bond donors (Lipinski definition) is 1. The molecule has 0 aromatic rings. The maximum Gasteiger partial charge on any atom is 0.148 e. The van der Waals surface area contributed by atoms with Crippen LogP contribution in [0.1, 0.15) is 46.5 Å². The maximum absolute atomic E-state index is 11.8. The number of nitrogens with two attached hydrogens (primary N) is 1. The summed E-state index contributed by atoms with van der Waals surface area (Å²) >= 11 is 0. The molecule has 0 aliphatic carbocycles. The molecule has 0 saturated carbocycles. The Morgan fingerprint density at radius 2 is 1.54 bits per heavy atom. The van der Waals surface area contributed by atoms with Crippen LogP contribution < -0.4 is 5.73 Å². The van der Waals surface area contributed by atoms with E-state index in [1.165, 1.54) is 0 Å². The Hall–Kier alpha value is -0.220. The predicted molar refractivity (Wildman–Crippen MR) is 55.2 cm³/mol. The fourth-order valence-electron chi connectivity index (χ4n) is 0.589. The summed E-state index contributed by atoms with van der Waals surface area (Å²) in [6.45, 7) is 6.09. The largest absolute Gasteiger partial charge is 0.412 e. The van der Waals surface area contributed by atoms with Crippen molar-refractivity contribution in [2.75, 3.05) is 7.18 Å². The lowest BCUT2D eigenvalue weighted by Gasteiger charge is -1.97. The van der Waals surface area contributed by atoms with Gasteiger partial charge in [0.15, 0.2) is 0 Å². The van der Waals surface area contributed by atoms with Crippen molar-refractivity contribution < 1.29 is 14.3 Å². The first-order valence-electron chi connectivity index (χ1n) is 4.54. The standard InChI is InChI=1S/C6H14FN.C2H6.CH3F.H2O/c1-2-3-4-5-6(7)8;2*1-2;/h6H,2-5,8H2,1H3;1-2H3;1H3;1H2. The van der Waals surface area contributed by atoms with Gasteiger partial charge in [0.05, 0.1) is 7.18 Å². The monoisotopic (exact) mass is 201 g/mol. The fourth-order valence-corrected chi connectivity index (χ4v) is 0.589. The SMILES string of the molecule is CC.CCCCCC(N)F.CF.O. The van der Waals surface area contributed by atoms with Crippen LogP contribution >= 0.6 is 0 Å².